The molecule has 0 radical (unpaired) electrons. The Kier molecular flexibility index (Phi) is 5.81. The van der Waals surface area contributed by atoms with E-state index in [1.807, 2.05) is 30.3 Å². The molecule has 0 spiro atoms. The minimum Gasteiger partial charge on any atom is -0.465 e. The number of aromatic nitrogens is 1. The first-order valence-electron chi connectivity index (χ1n) is 9.23. The van der Waals surface area contributed by atoms with Crippen molar-refractivity contribution in [1.29, 1.82) is 0 Å². The Labute approximate surface area is 181 Å². The molecule has 0 bridgehead atoms. The average Bonchev–Trinajstić information content (AvgIpc) is 3.22. The second kappa shape index (κ2) is 8.85. The number of rotatable bonds is 5. The summed E-state index contributed by atoms with van der Waals surface area (Å²) in [4.78, 5) is 29.3. The van der Waals surface area contributed by atoms with Gasteiger partial charge in [0.1, 0.15) is 5.82 Å². The van der Waals surface area contributed by atoms with Crippen molar-refractivity contribution in [2.75, 3.05) is 12.1 Å². The first kappa shape index (κ1) is 20.4. The maximum atomic E-state index is 13.6. The molecule has 1 amide bonds. The maximum absolute atomic E-state index is 13.6. The van der Waals surface area contributed by atoms with Crippen molar-refractivity contribution in [2.24, 2.45) is 5.10 Å². The van der Waals surface area contributed by atoms with Gasteiger partial charge in [-0.3, -0.25) is 4.79 Å². The second-order valence-corrected chi connectivity index (χ2v) is 7.46. The average molecular weight is 433 g/mol. The fraction of sp³-hybridized carbons (Fsp3) is 0.0435. The van der Waals surface area contributed by atoms with Gasteiger partial charge in [0.2, 0.25) is 5.13 Å². The Morgan fingerprint density at radius 1 is 1.03 bits per heavy atom. The number of nitrogens with zero attached hydrogens (tertiary/aromatic N) is 3. The lowest BCUT2D eigenvalue weighted by Crippen LogP contribution is -2.25. The zero-order chi connectivity index (χ0) is 21.8. The van der Waals surface area contributed by atoms with Crippen LogP contribution in [0.3, 0.4) is 0 Å². The van der Waals surface area contributed by atoms with E-state index < -0.39 is 11.9 Å². The van der Waals surface area contributed by atoms with Gasteiger partial charge in [-0.2, -0.15) is 10.1 Å². The molecule has 0 aliphatic carbocycles. The molecule has 1 heterocycles. The number of hydrazone groups is 1. The van der Waals surface area contributed by atoms with Crippen molar-refractivity contribution in [3.63, 3.8) is 0 Å². The Balaban J connectivity index is 1.72. The number of thiazole rings is 1. The smallest absolute Gasteiger partial charge is 0.337 e. The number of hydrogen-bond donors (Lipinski definition) is 0. The van der Waals surface area contributed by atoms with Gasteiger partial charge in [0.15, 0.2) is 0 Å². The molecule has 1 aromatic heterocycles. The molecule has 0 saturated heterocycles. The molecule has 31 heavy (non-hydrogen) atoms. The minimum absolute atomic E-state index is 0.301. The summed E-state index contributed by atoms with van der Waals surface area (Å²) < 4.78 is 18.9. The number of carbonyl (C=O) groups is 2. The minimum atomic E-state index is -0.494. The van der Waals surface area contributed by atoms with E-state index in [2.05, 4.69) is 14.8 Å². The first-order valence-corrected chi connectivity index (χ1v) is 10.0. The number of hydrogen-bond acceptors (Lipinski definition) is 6. The number of benzene rings is 3. The number of methoxy groups -OCH3 is 1. The van der Waals surface area contributed by atoms with E-state index in [0.29, 0.717) is 26.5 Å². The van der Waals surface area contributed by atoms with E-state index in [-0.39, 0.29) is 5.82 Å². The number of halogens is 1. The summed E-state index contributed by atoms with van der Waals surface area (Å²) in [5, 5.41) is 5.82. The fourth-order valence-corrected chi connectivity index (χ4v) is 3.77. The molecule has 0 atom stereocenters. The lowest BCUT2D eigenvalue weighted by molar-refractivity contribution is 0.0600. The van der Waals surface area contributed by atoms with Crippen LogP contribution < -0.4 is 5.01 Å². The SMILES string of the molecule is COC(=O)c1ccc(C(=O)N(/N=C/c2ccccc2)c2nc3ccc(F)cc3s2)cc1. The molecule has 8 heteroatoms. The number of fused-ring (bicyclic) bond motifs is 1. The van der Waals surface area contributed by atoms with Crippen LogP contribution in [0.25, 0.3) is 10.2 Å². The van der Waals surface area contributed by atoms with Crippen LogP contribution in [0.4, 0.5) is 9.52 Å². The van der Waals surface area contributed by atoms with E-state index in [1.54, 1.807) is 12.3 Å². The van der Waals surface area contributed by atoms with Crippen LogP contribution >= 0.6 is 11.3 Å². The Morgan fingerprint density at radius 2 is 1.74 bits per heavy atom. The van der Waals surface area contributed by atoms with Gasteiger partial charge >= 0.3 is 5.97 Å². The highest BCUT2D eigenvalue weighted by atomic mass is 32.1. The zero-order valence-corrected chi connectivity index (χ0v) is 17.2. The molecule has 6 nitrogen and oxygen atoms in total. The van der Waals surface area contributed by atoms with Crippen molar-refractivity contribution in [1.82, 2.24) is 4.98 Å². The molecule has 154 valence electrons. The summed E-state index contributed by atoms with van der Waals surface area (Å²) in [5.41, 5.74) is 2.00. The molecule has 4 aromatic rings. The first-order chi connectivity index (χ1) is 15.0. The van der Waals surface area contributed by atoms with E-state index >= 15 is 0 Å². The molecule has 0 aliphatic rings. The topological polar surface area (TPSA) is 71.9 Å². The van der Waals surface area contributed by atoms with Crippen molar-refractivity contribution >= 4 is 44.8 Å². The second-order valence-electron chi connectivity index (χ2n) is 6.45. The zero-order valence-electron chi connectivity index (χ0n) is 16.4. The molecule has 0 unspecified atom stereocenters. The van der Waals surface area contributed by atoms with Gasteiger partial charge in [-0.1, -0.05) is 41.7 Å². The van der Waals surface area contributed by atoms with Crippen LogP contribution in [-0.2, 0) is 4.74 Å². The summed E-state index contributed by atoms with van der Waals surface area (Å²) in [6, 6.07) is 19.6. The summed E-state index contributed by atoms with van der Waals surface area (Å²) in [6.45, 7) is 0. The van der Waals surface area contributed by atoms with Crippen molar-refractivity contribution in [3.05, 3.63) is 95.3 Å². The standard InChI is InChI=1S/C23H16FN3O3S/c1-30-22(29)17-9-7-16(8-10-17)21(28)27(25-14-15-5-3-2-4-6-15)23-26-19-12-11-18(24)13-20(19)31-23/h2-14H,1H3/b25-14+. The monoisotopic (exact) mass is 433 g/mol. The summed E-state index contributed by atoms with van der Waals surface area (Å²) in [6.07, 6.45) is 1.55. The third-order valence-electron chi connectivity index (χ3n) is 4.39. The molecular weight excluding hydrogens is 417 g/mol. The van der Waals surface area contributed by atoms with Crippen LogP contribution in [0.15, 0.2) is 77.9 Å². The van der Waals surface area contributed by atoms with Crippen LogP contribution in [0.5, 0.6) is 0 Å². The van der Waals surface area contributed by atoms with Crippen LogP contribution in [0.1, 0.15) is 26.3 Å². The van der Waals surface area contributed by atoms with E-state index in [1.165, 1.54) is 48.5 Å². The van der Waals surface area contributed by atoms with Gasteiger partial charge in [-0.25, -0.2) is 14.2 Å². The van der Waals surface area contributed by atoms with Crippen LogP contribution in [-0.4, -0.2) is 30.2 Å². The number of amides is 1. The highest BCUT2D eigenvalue weighted by Gasteiger charge is 2.21. The Morgan fingerprint density at radius 3 is 2.45 bits per heavy atom. The van der Waals surface area contributed by atoms with Gasteiger partial charge in [0, 0.05) is 5.56 Å². The molecule has 4 rings (SSSR count). The van der Waals surface area contributed by atoms with Gasteiger partial charge in [-0.15, -0.1) is 0 Å². The lowest BCUT2D eigenvalue weighted by Gasteiger charge is -2.14. The van der Waals surface area contributed by atoms with Crippen LogP contribution in [0.2, 0.25) is 0 Å². The normalized spacial score (nSPS) is 11.0. The number of ether oxygens (including phenoxy) is 1. The maximum Gasteiger partial charge on any atom is 0.337 e. The van der Waals surface area contributed by atoms with Crippen molar-refractivity contribution in [2.45, 2.75) is 0 Å². The number of carbonyl (C=O) groups excluding carboxylic acids is 2. The van der Waals surface area contributed by atoms with Crippen molar-refractivity contribution < 1.29 is 18.7 Å². The molecular formula is C23H16FN3O3S. The molecule has 0 N–H and O–H groups in total. The summed E-state index contributed by atoms with van der Waals surface area (Å²) >= 11 is 1.16. The predicted molar refractivity (Wildman–Crippen MR) is 118 cm³/mol. The molecule has 0 aliphatic heterocycles. The highest BCUT2D eigenvalue weighted by Crippen LogP contribution is 2.30. The lowest BCUT2D eigenvalue weighted by atomic mass is 10.1. The Hall–Kier alpha value is -3.91. The van der Waals surface area contributed by atoms with E-state index in [4.69, 9.17) is 0 Å². The Bertz CT molecular complexity index is 1270. The largest absolute Gasteiger partial charge is 0.465 e. The summed E-state index contributed by atoms with van der Waals surface area (Å²) in [5.74, 6) is -1.32. The van der Waals surface area contributed by atoms with Crippen molar-refractivity contribution in [3.8, 4) is 0 Å². The van der Waals surface area contributed by atoms with Gasteiger partial charge in [0.05, 0.1) is 29.1 Å². The fourth-order valence-electron chi connectivity index (χ4n) is 2.82. The number of esters is 1. The van der Waals surface area contributed by atoms with Crippen LogP contribution in [0, 0.1) is 5.82 Å². The molecule has 0 fully saturated rings. The third-order valence-corrected chi connectivity index (χ3v) is 5.38. The quantitative estimate of drug-likeness (QED) is 0.255. The number of anilines is 1. The summed E-state index contributed by atoms with van der Waals surface area (Å²) in [7, 11) is 1.29. The van der Waals surface area contributed by atoms with Gasteiger partial charge in [0.25, 0.3) is 5.91 Å². The highest BCUT2D eigenvalue weighted by molar-refractivity contribution is 7.22. The van der Waals surface area contributed by atoms with E-state index in [0.717, 1.165) is 16.9 Å². The van der Waals surface area contributed by atoms with Gasteiger partial charge < -0.3 is 4.74 Å². The third kappa shape index (κ3) is 4.49. The van der Waals surface area contributed by atoms with E-state index in [9.17, 15) is 14.0 Å². The predicted octanol–water partition coefficient (Wildman–Crippen LogP) is 4.90. The molecule has 0 saturated carbocycles. The molecule has 3 aromatic carbocycles. The van der Waals surface area contributed by atoms with Gasteiger partial charge in [-0.05, 0) is 48.0 Å².